The van der Waals surface area contributed by atoms with Crippen LogP contribution in [0.1, 0.15) is 21.5 Å². The zero-order valence-corrected chi connectivity index (χ0v) is 14.7. The second-order valence-corrected chi connectivity index (χ2v) is 7.68. The molecule has 1 unspecified atom stereocenters. The molecule has 0 aliphatic rings. The molecule has 7 heteroatoms. The van der Waals surface area contributed by atoms with E-state index in [1.165, 1.54) is 24.3 Å². The van der Waals surface area contributed by atoms with Gasteiger partial charge in [-0.1, -0.05) is 30.3 Å². The summed E-state index contributed by atoms with van der Waals surface area (Å²) in [7, 11) is -4.07. The molecule has 2 N–H and O–H groups in total. The van der Waals surface area contributed by atoms with Gasteiger partial charge in [0.15, 0.2) is 12.4 Å². The lowest BCUT2D eigenvalue weighted by atomic mass is 10.0. The fraction of sp³-hybridized carbons (Fsp3) is 0.222. The molecule has 0 aliphatic heterocycles. The Kier molecular flexibility index (Phi) is 5.71. The number of esters is 1. The standard InChI is InChI=1S/C18H19NO5S/c1-12-8-9-14(10-13(12)2)16(20)11-24-18(21)17(19)25(22,23)15-6-4-3-5-7-15/h3-10,17H,11,19H2,1-2H3. The molecule has 2 aromatic rings. The van der Waals surface area contributed by atoms with E-state index in [2.05, 4.69) is 0 Å². The lowest BCUT2D eigenvalue weighted by Crippen LogP contribution is -2.40. The third kappa shape index (κ3) is 4.32. The van der Waals surface area contributed by atoms with Crippen LogP contribution in [0.5, 0.6) is 0 Å². The van der Waals surface area contributed by atoms with E-state index in [0.717, 1.165) is 11.1 Å². The number of carbonyl (C=O) groups is 2. The maximum Gasteiger partial charge on any atom is 0.339 e. The molecule has 0 saturated heterocycles. The van der Waals surface area contributed by atoms with Crippen LogP contribution in [0.4, 0.5) is 0 Å². The minimum atomic E-state index is -4.07. The van der Waals surface area contributed by atoms with Gasteiger partial charge < -0.3 is 10.5 Å². The zero-order chi connectivity index (χ0) is 18.6. The molecular weight excluding hydrogens is 342 g/mol. The van der Waals surface area contributed by atoms with Crippen molar-refractivity contribution < 1.29 is 22.7 Å². The van der Waals surface area contributed by atoms with Gasteiger partial charge in [-0.3, -0.25) is 4.79 Å². The molecule has 0 aliphatic carbocycles. The van der Waals surface area contributed by atoms with Crippen molar-refractivity contribution in [2.24, 2.45) is 5.73 Å². The van der Waals surface area contributed by atoms with Gasteiger partial charge in [-0.15, -0.1) is 0 Å². The molecule has 0 spiro atoms. The predicted octanol–water partition coefficient (Wildman–Crippen LogP) is 1.79. The third-order valence-corrected chi connectivity index (χ3v) is 5.60. The number of sulfone groups is 1. The second kappa shape index (κ2) is 7.58. The molecule has 0 amide bonds. The molecule has 2 rings (SSSR count). The molecule has 0 radical (unpaired) electrons. The largest absolute Gasteiger partial charge is 0.455 e. The Labute approximate surface area is 146 Å². The summed E-state index contributed by atoms with van der Waals surface area (Å²) >= 11 is 0. The molecule has 0 fully saturated rings. The average molecular weight is 361 g/mol. The number of aryl methyl sites for hydroxylation is 2. The summed E-state index contributed by atoms with van der Waals surface area (Å²) in [6.07, 6.45) is 0. The van der Waals surface area contributed by atoms with Gasteiger partial charge in [-0.25, -0.2) is 13.2 Å². The number of carbonyl (C=O) groups excluding carboxylic acids is 2. The zero-order valence-electron chi connectivity index (χ0n) is 13.9. The Morgan fingerprint density at radius 1 is 1.04 bits per heavy atom. The summed E-state index contributed by atoms with van der Waals surface area (Å²) in [6, 6.07) is 12.5. The van der Waals surface area contributed by atoms with Crippen LogP contribution in [0.3, 0.4) is 0 Å². The first kappa shape index (κ1) is 18.8. The van der Waals surface area contributed by atoms with E-state index in [-0.39, 0.29) is 4.90 Å². The first-order valence-electron chi connectivity index (χ1n) is 7.55. The van der Waals surface area contributed by atoms with Crippen LogP contribution in [0, 0.1) is 13.8 Å². The van der Waals surface area contributed by atoms with Crippen molar-refractivity contribution in [3.05, 3.63) is 65.2 Å². The highest BCUT2D eigenvalue weighted by Gasteiger charge is 2.32. The maximum atomic E-state index is 12.3. The van der Waals surface area contributed by atoms with Gasteiger partial charge in [-0.2, -0.15) is 0 Å². The molecule has 0 aromatic heterocycles. The quantitative estimate of drug-likeness (QED) is 0.621. The number of ether oxygens (including phenoxy) is 1. The highest BCUT2D eigenvalue weighted by molar-refractivity contribution is 7.92. The van der Waals surface area contributed by atoms with Crippen LogP contribution >= 0.6 is 0 Å². The average Bonchev–Trinajstić information content (AvgIpc) is 2.61. The van der Waals surface area contributed by atoms with E-state index in [4.69, 9.17) is 10.5 Å². The summed E-state index contributed by atoms with van der Waals surface area (Å²) in [5.74, 6) is -1.60. The number of benzene rings is 2. The molecule has 2 aromatic carbocycles. The highest BCUT2D eigenvalue weighted by Crippen LogP contribution is 2.14. The second-order valence-electron chi connectivity index (χ2n) is 5.61. The maximum absolute atomic E-state index is 12.3. The smallest absolute Gasteiger partial charge is 0.339 e. The van der Waals surface area contributed by atoms with Gasteiger partial charge in [-0.05, 0) is 43.2 Å². The van der Waals surface area contributed by atoms with Crippen LogP contribution in [-0.4, -0.2) is 32.2 Å². The van der Waals surface area contributed by atoms with Crippen LogP contribution in [0.2, 0.25) is 0 Å². The first-order valence-corrected chi connectivity index (χ1v) is 9.09. The van der Waals surface area contributed by atoms with Crippen molar-refractivity contribution in [2.75, 3.05) is 6.61 Å². The Morgan fingerprint density at radius 2 is 1.68 bits per heavy atom. The van der Waals surface area contributed by atoms with Crippen molar-refractivity contribution in [3.63, 3.8) is 0 Å². The summed E-state index contributed by atoms with van der Waals surface area (Å²) in [4.78, 5) is 23.9. The minimum Gasteiger partial charge on any atom is -0.455 e. The minimum absolute atomic E-state index is 0.0834. The van der Waals surface area contributed by atoms with Crippen molar-refractivity contribution in [1.82, 2.24) is 0 Å². The van der Waals surface area contributed by atoms with Crippen molar-refractivity contribution in [1.29, 1.82) is 0 Å². The van der Waals surface area contributed by atoms with Crippen LogP contribution < -0.4 is 5.73 Å². The Morgan fingerprint density at radius 3 is 2.28 bits per heavy atom. The summed E-state index contributed by atoms with van der Waals surface area (Å²) in [6.45, 7) is 3.21. The van der Waals surface area contributed by atoms with Crippen molar-refractivity contribution in [2.45, 2.75) is 24.1 Å². The lowest BCUT2D eigenvalue weighted by molar-refractivity contribution is -0.141. The fourth-order valence-corrected chi connectivity index (χ4v) is 3.25. The monoisotopic (exact) mass is 361 g/mol. The number of nitrogens with two attached hydrogens (primary N) is 1. The Hall–Kier alpha value is -2.51. The van der Waals surface area contributed by atoms with E-state index >= 15 is 0 Å². The van der Waals surface area contributed by atoms with Crippen LogP contribution in [-0.2, 0) is 19.4 Å². The molecule has 0 bridgehead atoms. The topological polar surface area (TPSA) is 104 Å². The third-order valence-electron chi connectivity index (χ3n) is 3.81. The predicted molar refractivity (Wildman–Crippen MR) is 92.8 cm³/mol. The van der Waals surface area contributed by atoms with E-state index in [0.29, 0.717) is 5.56 Å². The van der Waals surface area contributed by atoms with Crippen molar-refractivity contribution >= 4 is 21.6 Å². The molecule has 0 saturated carbocycles. The normalized spacial score (nSPS) is 12.4. The molecule has 6 nitrogen and oxygen atoms in total. The van der Waals surface area contributed by atoms with Gasteiger partial charge >= 0.3 is 5.97 Å². The summed E-state index contributed by atoms with van der Waals surface area (Å²) in [5, 5.41) is -1.89. The number of hydrogen-bond donors (Lipinski definition) is 1. The van der Waals surface area contributed by atoms with Crippen LogP contribution in [0.25, 0.3) is 0 Å². The molecule has 0 heterocycles. The van der Waals surface area contributed by atoms with Gasteiger partial charge in [0, 0.05) is 5.56 Å². The Bertz CT molecular complexity index is 891. The number of hydrogen-bond acceptors (Lipinski definition) is 6. The number of Topliss-reactive ketones (excluding diaryl/α,β-unsaturated/α-hetero) is 1. The van der Waals surface area contributed by atoms with E-state index < -0.39 is 33.6 Å². The van der Waals surface area contributed by atoms with E-state index in [9.17, 15) is 18.0 Å². The summed E-state index contributed by atoms with van der Waals surface area (Å²) < 4.78 is 29.3. The van der Waals surface area contributed by atoms with E-state index in [1.54, 1.807) is 24.3 Å². The van der Waals surface area contributed by atoms with Gasteiger partial charge in [0.1, 0.15) is 0 Å². The SMILES string of the molecule is Cc1ccc(C(=O)COC(=O)C(N)S(=O)(=O)c2ccccc2)cc1C. The van der Waals surface area contributed by atoms with Crippen LogP contribution in [0.15, 0.2) is 53.4 Å². The molecule has 1 atom stereocenters. The molecule has 132 valence electrons. The number of ketones is 1. The first-order chi connectivity index (χ1) is 11.7. The lowest BCUT2D eigenvalue weighted by Gasteiger charge is -2.12. The Balaban J connectivity index is 2.04. The highest BCUT2D eigenvalue weighted by atomic mass is 32.2. The van der Waals surface area contributed by atoms with Gasteiger partial charge in [0.25, 0.3) is 0 Å². The van der Waals surface area contributed by atoms with Gasteiger partial charge in [0.2, 0.25) is 15.2 Å². The van der Waals surface area contributed by atoms with E-state index in [1.807, 2.05) is 13.8 Å². The van der Waals surface area contributed by atoms with Gasteiger partial charge in [0.05, 0.1) is 4.90 Å². The summed E-state index contributed by atoms with van der Waals surface area (Å²) in [5.41, 5.74) is 7.87. The van der Waals surface area contributed by atoms with Crippen molar-refractivity contribution in [3.8, 4) is 0 Å². The molecule has 25 heavy (non-hydrogen) atoms. The number of rotatable bonds is 6. The fourth-order valence-electron chi connectivity index (χ4n) is 2.10. The molecular formula is C18H19NO5S.